The van der Waals surface area contributed by atoms with E-state index < -0.39 is 0 Å². The van der Waals surface area contributed by atoms with Crippen LogP contribution in [0.25, 0.3) is 0 Å². The molecule has 0 atom stereocenters. The van der Waals surface area contributed by atoms with Crippen molar-refractivity contribution in [3.63, 3.8) is 0 Å². The lowest BCUT2D eigenvalue weighted by molar-refractivity contribution is -0.135. The Morgan fingerprint density at radius 1 is 0.971 bits per heavy atom. The van der Waals surface area contributed by atoms with Crippen molar-refractivity contribution < 1.29 is 18.8 Å². The van der Waals surface area contributed by atoms with Crippen LogP contribution in [-0.2, 0) is 16.1 Å². The van der Waals surface area contributed by atoms with Crippen LogP contribution in [0.15, 0.2) is 48.5 Å². The molecule has 2 N–H and O–H groups in total. The summed E-state index contributed by atoms with van der Waals surface area (Å²) in [6.45, 7) is 8.53. The zero-order valence-corrected chi connectivity index (χ0v) is 20.6. The van der Waals surface area contributed by atoms with Crippen molar-refractivity contribution in [1.82, 2.24) is 15.1 Å². The molecule has 8 nitrogen and oxygen atoms in total. The van der Waals surface area contributed by atoms with Crippen LogP contribution in [0.1, 0.15) is 32.8 Å². The lowest BCUT2D eigenvalue weighted by Crippen LogP contribution is -2.52. The molecule has 0 radical (unpaired) electrons. The fourth-order valence-electron chi connectivity index (χ4n) is 3.90. The molecule has 0 aromatic heterocycles. The smallest absolute Gasteiger partial charge is 0.317 e. The number of hydrogen-bond acceptors (Lipinski definition) is 4. The summed E-state index contributed by atoms with van der Waals surface area (Å²) in [7, 11) is 0. The van der Waals surface area contributed by atoms with Gasteiger partial charge in [-0.2, -0.15) is 0 Å². The quantitative estimate of drug-likeness (QED) is 0.603. The number of hydrogen-bond donors (Lipinski definition) is 2. The minimum Gasteiger partial charge on any atom is -0.368 e. The molecule has 188 valence electrons. The lowest BCUT2D eigenvalue weighted by atomic mass is 10.2. The predicted molar refractivity (Wildman–Crippen MR) is 135 cm³/mol. The highest BCUT2D eigenvalue weighted by Crippen LogP contribution is 2.20. The molecule has 0 saturated carbocycles. The maximum absolute atomic E-state index is 13.2. The summed E-state index contributed by atoms with van der Waals surface area (Å²) >= 11 is 0. The third-order valence-corrected chi connectivity index (χ3v) is 5.77. The van der Waals surface area contributed by atoms with Crippen molar-refractivity contribution in [2.45, 2.75) is 39.8 Å². The number of nitrogens with one attached hydrogen (secondary N) is 2. The van der Waals surface area contributed by atoms with E-state index in [1.807, 2.05) is 43.0 Å². The Kier molecular flexibility index (Phi) is 9.05. The lowest BCUT2D eigenvalue weighted by Gasteiger charge is -2.36. The van der Waals surface area contributed by atoms with Crippen LogP contribution in [0, 0.1) is 5.82 Å². The molecule has 1 heterocycles. The van der Waals surface area contributed by atoms with Gasteiger partial charge < -0.3 is 25.3 Å². The van der Waals surface area contributed by atoms with Crippen molar-refractivity contribution in [3.8, 4) is 0 Å². The van der Waals surface area contributed by atoms with Gasteiger partial charge in [-0.15, -0.1) is 0 Å². The second-order valence-corrected chi connectivity index (χ2v) is 8.90. The minimum absolute atomic E-state index is 0.0345. The van der Waals surface area contributed by atoms with Crippen molar-refractivity contribution in [2.24, 2.45) is 0 Å². The summed E-state index contributed by atoms with van der Waals surface area (Å²) in [5.74, 6) is -0.797. The van der Waals surface area contributed by atoms with Gasteiger partial charge in [-0.3, -0.25) is 9.59 Å². The second kappa shape index (κ2) is 12.2. The monoisotopic (exact) mass is 483 g/mol. The Hall–Kier alpha value is -3.62. The molecule has 3 rings (SSSR count). The fraction of sp³-hybridized carbons (Fsp3) is 0.423. The number of amides is 4. The average Bonchev–Trinajstić information content (AvgIpc) is 2.84. The number of carbonyl (C=O) groups excluding carboxylic acids is 3. The van der Waals surface area contributed by atoms with Crippen LogP contribution in [0.3, 0.4) is 0 Å². The van der Waals surface area contributed by atoms with E-state index in [4.69, 9.17) is 0 Å². The van der Waals surface area contributed by atoms with E-state index in [1.54, 1.807) is 19.1 Å². The Labute approximate surface area is 206 Å². The number of rotatable bonds is 8. The highest BCUT2D eigenvalue weighted by Gasteiger charge is 2.22. The normalized spacial score (nSPS) is 13.5. The number of carbonyl (C=O) groups is 3. The number of urea groups is 1. The van der Waals surface area contributed by atoms with Crippen molar-refractivity contribution in [1.29, 1.82) is 0 Å². The van der Waals surface area contributed by atoms with E-state index in [0.29, 0.717) is 18.8 Å². The van der Waals surface area contributed by atoms with E-state index in [1.165, 1.54) is 17.0 Å². The SMILES string of the molecule is CCC(=O)N(CC(=O)Nc1ccc(N2CCN(C(=O)NC(C)C)CC2)cc1)Cc1ccc(F)cc1. The number of anilines is 2. The molecule has 0 spiro atoms. The standard InChI is InChI=1S/C26H34FN5O3/c1-4-25(34)32(17-20-5-7-21(27)8-6-20)18-24(33)29-22-9-11-23(12-10-22)30-13-15-31(16-14-30)26(35)28-19(2)3/h5-12,19H,4,13-18H2,1-3H3,(H,28,35)(H,29,33). The summed E-state index contributed by atoms with van der Waals surface area (Å²) in [4.78, 5) is 42.6. The van der Waals surface area contributed by atoms with E-state index in [0.717, 1.165) is 24.3 Å². The summed E-state index contributed by atoms with van der Waals surface area (Å²) in [6.07, 6.45) is 0.273. The molecule has 1 aliphatic rings. The first-order chi connectivity index (χ1) is 16.7. The number of piperazine rings is 1. The van der Waals surface area contributed by atoms with Crippen molar-refractivity contribution >= 4 is 29.2 Å². The Balaban J connectivity index is 1.52. The summed E-state index contributed by atoms with van der Waals surface area (Å²) < 4.78 is 13.2. The molecule has 2 aromatic rings. The van der Waals surface area contributed by atoms with Gasteiger partial charge in [0.2, 0.25) is 11.8 Å². The van der Waals surface area contributed by atoms with Gasteiger partial charge in [-0.25, -0.2) is 9.18 Å². The maximum atomic E-state index is 13.2. The Morgan fingerprint density at radius 2 is 1.60 bits per heavy atom. The predicted octanol–water partition coefficient (Wildman–Crippen LogP) is 3.44. The fourth-order valence-corrected chi connectivity index (χ4v) is 3.90. The number of benzene rings is 2. The van der Waals surface area contributed by atoms with Crippen LogP contribution in [0.4, 0.5) is 20.6 Å². The number of halogens is 1. The average molecular weight is 484 g/mol. The molecule has 1 fully saturated rings. The van der Waals surface area contributed by atoms with Crippen molar-refractivity contribution in [3.05, 3.63) is 59.9 Å². The van der Waals surface area contributed by atoms with Crippen LogP contribution >= 0.6 is 0 Å². The zero-order valence-electron chi connectivity index (χ0n) is 20.6. The number of nitrogens with zero attached hydrogens (tertiary/aromatic N) is 3. The maximum Gasteiger partial charge on any atom is 0.317 e. The zero-order chi connectivity index (χ0) is 25.4. The van der Waals surface area contributed by atoms with Gasteiger partial charge in [0.05, 0.1) is 0 Å². The molecule has 0 unspecified atom stereocenters. The van der Waals surface area contributed by atoms with Crippen LogP contribution in [-0.4, -0.2) is 66.4 Å². The Bertz CT molecular complexity index is 1000. The molecule has 9 heteroatoms. The molecule has 2 aromatic carbocycles. The minimum atomic E-state index is -0.346. The van der Waals surface area contributed by atoms with E-state index in [-0.39, 0.29) is 49.2 Å². The highest BCUT2D eigenvalue weighted by molar-refractivity contribution is 5.94. The topological polar surface area (TPSA) is 85.0 Å². The van der Waals surface area contributed by atoms with Gasteiger partial charge in [0.15, 0.2) is 0 Å². The highest BCUT2D eigenvalue weighted by atomic mass is 19.1. The molecule has 0 bridgehead atoms. The molecular formula is C26H34FN5O3. The first-order valence-electron chi connectivity index (χ1n) is 12.0. The molecule has 35 heavy (non-hydrogen) atoms. The van der Waals surface area contributed by atoms with Crippen molar-refractivity contribution in [2.75, 3.05) is 42.9 Å². The van der Waals surface area contributed by atoms with E-state index in [2.05, 4.69) is 15.5 Å². The van der Waals surface area contributed by atoms with Gasteiger partial charge in [0.25, 0.3) is 0 Å². The van der Waals surface area contributed by atoms with Crippen LogP contribution in [0.5, 0.6) is 0 Å². The van der Waals surface area contributed by atoms with Crippen LogP contribution in [0.2, 0.25) is 0 Å². The van der Waals surface area contributed by atoms with Gasteiger partial charge in [0, 0.05) is 56.6 Å². The summed E-state index contributed by atoms with van der Waals surface area (Å²) in [5.41, 5.74) is 2.41. The van der Waals surface area contributed by atoms with E-state index >= 15 is 0 Å². The summed E-state index contributed by atoms with van der Waals surface area (Å²) in [6, 6.07) is 13.5. The first kappa shape index (κ1) is 26.0. The van der Waals surface area contributed by atoms with Crippen LogP contribution < -0.4 is 15.5 Å². The van der Waals surface area contributed by atoms with Gasteiger partial charge >= 0.3 is 6.03 Å². The Morgan fingerprint density at radius 3 is 2.17 bits per heavy atom. The van der Waals surface area contributed by atoms with Gasteiger partial charge in [-0.05, 0) is 55.8 Å². The molecule has 1 aliphatic heterocycles. The third kappa shape index (κ3) is 7.70. The molecule has 1 saturated heterocycles. The molecular weight excluding hydrogens is 449 g/mol. The first-order valence-corrected chi connectivity index (χ1v) is 12.0. The molecule has 0 aliphatic carbocycles. The largest absolute Gasteiger partial charge is 0.368 e. The summed E-state index contributed by atoms with van der Waals surface area (Å²) in [5, 5.41) is 5.77. The third-order valence-electron chi connectivity index (χ3n) is 5.77. The van der Waals surface area contributed by atoms with Gasteiger partial charge in [0.1, 0.15) is 12.4 Å². The van der Waals surface area contributed by atoms with E-state index in [9.17, 15) is 18.8 Å². The second-order valence-electron chi connectivity index (χ2n) is 8.90. The molecule has 4 amide bonds. The van der Waals surface area contributed by atoms with Gasteiger partial charge in [-0.1, -0.05) is 19.1 Å².